The highest BCUT2D eigenvalue weighted by Crippen LogP contribution is 2.40. The summed E-state index contributed by atoms with van der Waals surface area (Å²) in [6.07, 6.45) is 35.8. The molecule has 20 rings (SSSR count). The van der Waals surface area contributed by atoms with Crippen LogP contribution in [0.15, 0.2) is 118 Å². The van der Waals surface area contributed by atoms with E-state index in [1.165, 1.54) is 27.7 Å². The average Bonchev–Trinajstić information content (AvgIpc) is 1.06. The predicted octanol–water partition coefficient (Wildman–Crippen LogP) is 13.5. The van der Waals surface area contributed by atoms with E-state index in [0.29, 0.717) is 87.9 Å². The first-order chi connectivity index (χ1) is 70.6. The van der Waals surface area contributed by atoms with Gasteiger partial charge in [-0.15, -0.1) is 0 Å². The molecule has 0 radical (unpaired) electrons. The van der Waals surface area contributed by atoms with Gasteiger partial charge in [0.1, 0.15) is 76.0 Å². The van der Waals surface area contributed by atoms with Gasteiger partial charge in [0.15, 0.2) is 17.3 Å². The largest absolute Gasteiger partial charge is 0.395 e. The van der Waals surface area contributed by atoms with Crippen LogP contribution >= 0.6 is 0 Å². The van der Waals surface area contributed by atoms with Gasteiger partial charge in [0.05, 0.1) is 101 Å². The third kappa shape index (κ3) is 23.6. The van der Waals surface area contributed by atoms with E-state index < -0.39 is 6.17 Å². The van der Waals surface area contributed by atoms with Crippen molar-refractivity contribution in [1.29, 1.82) is 0 Å². The second kappa shape index (κ2) is 47.1. The van der Waals surface area contributed by atoms with Crippen LogP contribution in [0.25, 0.3) is 43.6 Å². The molecule has 4 aliphatic carbocycles. The van der Waals surface area contributed by atoms with Crippen LogP contribution in [-0.4, -0.2) is 289 Å². The second-order valence-corrected chi connectivity index (χ2v) is 40.6. The van der Waals surface area contributed by atoms with Crippen LogP contribution in [0.1, 0.15) is 234 Å². The monoisotopic (exact) mass is 1990 g/mol. The smallest absolute Gasteiger partial charge is 0.262 e. The predicted molar refractivity (Wildman–Crippen MR) is 573 cm³/mol. The van der Waals surface area contributed by atoms with Crippen molar-refractivity contribution in [2.45, 2.75) is 208 Å². The number of rotatable bonds is 28. The van der Waals surface area contributed by atoms with Crippen molar-refractivity contribution in [3.8, 4) is 0 Å². The van der Waals surface area contributed by atoms with Gasteiger partial charge in [0.25, 0.3) is 22.2 Å². The summed E-state index contributed by atoms with van der Waals surface area (Å²) in [4.78, 5) is 166. The number of aryl methyl sites for hydroxylation is 4. The molecule has 12 aromatic rings. The van der Waals surface area contributed by atoms with E-state index in [9.17, 15) is 38.0 Å². The average molecular weight is 1990 g/mol. The third-order valence-corrected chi connectivity index (χ3v) is 30.4. The van der Waals surface area contributed by atoms with Gasteiger partial charge >= 0.3 is 0 Å². The summed E-state index contributed by atoms with van der Waals surface area (Å²) in [6, 6.07) is 8.47. The van der Waals surface area contributed by atoms with Gasteiger partial charge in [0.2, 0.25) is 0 Å². The fourth-order valence-corrected chi connectivity index (χ4v) is 22.4. The number of nitrogens with one attached hydrogen (secondary N) is 4. The summed E-state index contributed by atoms with van der Waals surface area (Å²) in [5.41, 5.74) is 11.8. The Kier molecular flexibility index (Phi) is 33.6. The molecule has 4 aliphatic heterocycles. The molecule has 16 heterocycles. The molecule has 1 atom stereocenters. The number of carbonyl (C=O) groups excluding carboxylic acids is 3. The number of pyridine rings is 8. The van der Waals surface area contributed by atoms with E-state index in [2.05, 4.69) is 153 Å². The van der Waals surface area contributed by atoms with Crippen molar-refractivity contribution in [2.24, 2.45) is 5.73 Å². The number of aliphatic hydroxyl groups is 1. The van der Waals surface area contributed by atoms with Crippen molar-refractivity contribution in [2.75, 3.05) is 199 Å². The SMILES string of the molecule is CC(=O)c1c(C)c2cnc(Nc3cnc(N4CCN(CCN(C)C)CC4)cn3)cc2n(C2CCCC2)c1=O.CC(=O)c1c(C)c2cnc(Nc3cnc(N4CCN(CCN)CC4)cn3)cc2n(C2CCCC2)c1=O.CC(=O)c1c(C)c2cnc(Nc3cnc(N4CCN(CCO)CC4)cn3)cc2n(C2CCCC2)c1=O.Cc1c(C(C)F)c(=O)n(C2CCCC2)c2cc(Nc3cnc(N4CCN(C(C)C)CC4)cn3)ncc12. The topological polar surface area (TPSA) is 417 Å². The number of aliphatic hydroxyl groups excluding tert-OH is 1. The van der Waals surface area contributed by atoms with Gasteiger partial charge in [-0.3, -0.25) is 53.2 Å². The molecule has 39 heteroatoms. The number of fused-ring (bicyclic) bond motifs is 4. The molecule has 0 spiro atoms. The number of likely N-dealkylation sites (N-methyl/N-ethyl adjacent to an activating group) is 1. The van der Waals surface area contributed by atoms with E-state index in [4.69, 9.17) is 10.8 Å². The lowest BCUT2D eigenvalue weighted by Gasteiger charge is -2.37. The number of hydrogen-bond acceptors (Lipinski definition) is 34. The summed E-state index contributed by atoms with van der Waals surface area (Å²) in [5, 5.41) is 25.4. The number of nitrogens with zero attached hydrogens (tertiary/aromatic N) is 25. The van der Waals surface area contributed by atoms with Crippen molar-refractivity contribution in [1.82, 2.24) is 103 Å². The van der Waals surface area contributed by atoms with E-state index in [-0.39, 0.29) is 92.6 Å². The summed E-state index contributed by atoms with van der Waals surface area (Å²) >= 11 is 0. The molecule has 4 saturated heterocycles. The fourth-order valence-electron chi connectivity index (χ4n) is 22.4. The van der Waals surface area contributed by atoms with Crippen molar-refractivity contribution < 1.29 is 23.9 Å². The number of alkyl halides is 1. The number of β-amino-alcohol motifs (C(OH)–C–C–N with tert-alkyl or cyclic N) is 1. The molecule has 0 aromatic carbocycles. The summed E-state index contributed by atoms with van der Waals surface area (Å²) in [6.45, 7) is 37.2. The number of carbonyl (C=O) groups is 3. The van der Waals surface area contributed by atoms with Crippen molar-refractivity contribution in [3.05, 3.63) is 185 Å². The van der Waals surface area contributed by atoms with Crippen LogP contribution in [0.2, 0.25) is 0 Å². The molecule has 38 nitrogen and oxygen atoms in total. The van der Waals surface area contributed by atoms with E-state index in [1.807, 2.05) is 65.7 Å². The maximum absolute atomic E-state index is 14.5. The summed E-state index contributed by atoms with van der Waals surface area (Å²) < 4.78 is 21.7. The molecule has 12 aromatic heterocycles. The highest BCUT2D eigenvalue weighted by Gasteiger charge is 2.34. The van der Waals surface area contributed by atoms with Crippen LogP contribution in [0.4, 0.5) is 74.2 Å². The highest BCUT2D eigenvalue weighted by molar-refractivity contribution is 6.02. The lowest BCUT2D eigenvalue weighted by atomic mass is 10.0. The van der Waals surface area contributed by atoms with Crippen LogP contribution < -0.4 is 68.8 Å². The maximum atomic E-state index is 14.5. The standard InChI is InChI=1S/C28H38N8O2.C27H36FN7O.C26H34N8O2.C26H33N7O3/c1-19-22-16-29-24(15-23(22)36(21-7-5-6-8-21)28(38)27(19)20(2)37)32-25-17-31-26(18-30-25)35-13-11-34(12-14-35)10-9-33(3)4;1-17(2)33-9-11-34(12-10-33)25-16-30-24(15-31-25)32-23-13-22-21(14-29-23)18(3)26(19(4)28)27(36)35(22)20-7-5-6-8-20;1-17-20-14-28-22(13-21(20)34(19-5-3-4-6-19)26(36)25(17)18(2)35)31-23-15-30-24(16-29-23)33-11-9-32(8-7-27)10-12-33;1-17-20-14-27-22(13-21(20)33(19-5-3-4-6-19)26(36)25(17)18(2)35)30-23-15-29-24(16-28-23)32-9-7-31(8-10-32)11-12-34/h15-18,21H,5-14H2,1-4H3,(H,29,30,32);13-17,19-20H,5-12H2,1-4H3,(H,29,30,32);13-16,19H,3-12,27H2,1-2H3,(H,28,29,31);13-16,19,34H,3-12H2,1-2H3,(H,27,28,30). The number of piperazine rings is 4. The molecule has 8 fully saturated rings. The number of halogens is 1. The molecule has 4 saturated carbocycles. The Bertz CT molecular complexity index is 6680. The Morgan fingerprint density at radius 3 is 0.870 bits per heavy atom. The molecular weight excluding hydrogens is 1850 g/mol. The van der Waals surface area contributed by atoms with Gasteiger partial charge in [0, 0.05) is 238 Å². The quantitative estimate of drug-likeness (QED) is 0.0248. The van der Waals surface area contributed by atoms with Gasteiger partial charge in [-0.2, -0.15) is 0 Å². The molecule has 1 unspecified atom stereocenters. The Labute approximate surface area is 850 Å². The molecular formula is C107H141FN30O8. The first-order valence-electron chi connectivity index (χ1n) is 52.2. The van der Waals surface area contributed by atoms with Gasteiger partial charge in [-0.1, -0.05) is 51.4 Å². The summed E-state index contributed by atoms with van der Waals surface area (Å²) in [7, 11) is 4.21. The van der Waals surface area contributed by atoms with Crippen LogP contribution in [0.3, 0.4) is 0 Å². The molecule has 146 heavy (non-hydrogen) atoms. The van der Waals surface area contributed by atoms with E-state index in [1.54, 1.807) is 78.9 Å². The second-order valence-electron chi connectivity index (χ2n) is 40.6. The Morgan fingerprint density at radius 1 is 0.363 bits per heavy atom. The Morgan fingerprint density at radius 2 is 0.623 bits per heavy atom. The number of hydrogen-bond donors (Lipinski definition) is 6. The maximum Gasteiger partial charge on any atom is 0.262 e. The van der Waals surface area contributed by atoms with Crippen LogP contribution in [0.5, 0.6) is 0 Å². The normalized spacial score (nSPS) is 17.4. The number of anilines is 12. The first-order valence-corrected chi connectivity index (χ1v) is 52.2. The van der Waals surface area contributed by atoms with Crippen LogP contribution in [-0.2, 0) is 0 Å². The lowest BCUT2D eigenvalue weighted by Crippen LogP contribution is -2.49. The minimum atomic E-state index is -1.32. The molecule has 0 amide bonds. The molecule has 774 valence electrons. The van der Waals surface area contributed by atoms with Gasteiger partial charge in [-0.05, 0) is 157 Å². The Hall–Kier alpha value is -13.2. The molecule has 8 aliphatic rings. The van der Waals surface area contributed by atoms with E-state index >= 15 is 0 Å². The highest BCUT2D eigenvalue weighted by atomic mass is 19.1. The van der Waals surface area contributed by atoms with Crippen molar-refractivity contribution in [3.63, 3.8) is 0 Å². The number of Topliss-reactive ketones (excluding diaryl/α,β-unsaturated/α-hetero) is 3. The zero-order valence-electron chi connectivity index (χ0n) is 86.5. The fraction of sp³-hybridized carbons (Fsp3) is 0.523. The van der Waals surface area contributed by atoms with E-state index in [0.717, 1.165) is 294 Å². The molecule has 7 N–H and O–H groups in total. The lowest BCUT2D eigenvalue weighted by molar-refractivity contribution is 0.100. The third-order valence-electron chi connectivity index (χ3n) is 30.4. The number of aromatic nitrogens is 16. The minimum Gasteiger partial charge on any atom is -0.395 e. The minimum absolute atomic E-state index is 0.0867. The number of ketones is 3. The molecule has 0 bridgehead atoms. The van der Waals surface area contributed by atoms with Crippen LogP contribution in [0, 0.1) is 27.7 Å². The zero-order chi connectivity index (χ0) is 103. The Balaban J connectivity index is 0.000000133. The zero-order valence-corrected chi connectivity index (χ0v) is 86.5. The first kappa shape index (κ1) is 104. The summed E-state index contributed by atoms with van der Waals surface area (Å²) in [5.74, 6) is 7.46. The van der Waals surface area contributed by atoms with Gasteiger partial charge in [-0.25, -0.2) is 64.2 Å². The number of nitrogens with two attached hydrogens (primary N) is 1. The van der Waals surface area contributed by atoms with Crippen molar-refractivity contribution >= 4 is 131 Å². The van der Waals surface area contributed by atoms with Gasteiger partial charge < -0.3 is 74.9 Å².